The van der Waals surface area contributed by atoms with Crippen LogP contribution >= 0.6 is 0 Å². The molecule has 11 heavy (non-hydrogen) atoms. The van der Waals surface area contributed by atoms with Crippen molar-refractivity contribution in [3.8, 4) is 12.3 Å². The average Bonchev–Trinajstić information content (AvgIpc) is 2.50. The summed E-state index contributed by atoms with van der Waals surface area (Å²) >= 11 is 0. The summed E-state index contributed by atoms with van der Waals surface area (Å²) in [6.45, 7) is 0. The van der Waals surface area contributed by atoms with Crippen LogP contribution in [-0.4, -0.2) is 18.1 Å². The van der Waals surface area contributed by atoms with E-state index in [0.29, 0.717) is 0 Å². The van der Waals surface area contributed by atoms with Gasteiger partial charge in [0.15, 0.2) is 5.69 Å². The fourth-order valence-corrected chi connectivity index (χ4v) is 0.578. The van der Waals surface area contributed by atoms with Gasteiger partial charge in [0, 0.05) is 13.1 Å². The summed E-state index contributed by atoms with van der Waals surface area (Å²) in [4.78, 5) is 10.8. The Kier molecular flexibility index (Phi) is 1.93. The maximum atomic E-state index is 10.8. The van der Waals surface area contributed by atoms with Crippen molar-refractivity contribution in [2.45, 2.75) is 0 Å². The molecule has 0 fully saturated rings. The molecular formula is C7H6N2O2. The van der Waals surface area contributed by atoms with Gasteiger partial charge in [-0.05, 0) is 5.92 Å². The number of amides is 1. The molecule has 1 heterocycles. The molecule has 4 nitrogen and oxygen atoms in total. The summed E-state index contributed by atoms with van der Waals surface area (Å²) < 4.78 is 4.59. The van der Waals surface area contributed by atoms with Crippen LogP contribution in [0.5, 0.6) is 0 Å². The normalized spacial score (nSPS) is 8.73. The van der Waals surface area contributed by atoms with Crippen LogP contribution in [0.4, 0.5) is 0 Å². The highest BCUT2D eigenvalue weighted by Crippen LogP contribution is 2.00. The molecule has 1 rings (SSSR count). The summed E-state index contributed by atoms with van der Waals surface area (Å²) in [7, 11) is 1.51. The first-order valence-corrected chi connectivity index (χ1v) is 2.93. The number of nitrogens with zero attached hydrogens (tertiary/aromatic N) is 1. The van der Waals surface area contributed by atoms with Gasteiger partial charge in [-0.15, -0.1) is 6.42 Å². The van der Waals surface area contributed by atoms with Crippen LogP contribution in [-0.2, 0) is 0 Å². The van der Waals surface area contributed by atoms with Gasteiger partial charge in [0.25, 0.3) is 5.91 Å². The van der Waals surface area contributed by atoms with E-state index in [0.717, 1.165) is 0 Å². The predicted molar refractivity (Wildman–Crippen MR) is 37.8 cm³/mol. The lowest BCUT2D eigenvalue weighted by Gasteiger charge is -1.88. The second-order valence-corrected chi connectivity index (χ2v) is 1.80. The molecule has 0 aliphatic rings. The van der Waals surface area contributed by atoms with E-state index in [1.54, 1.807) is 0 Å². The molecule has 1 aromatic heterocycles. The van der Waals surface area contributed by atoms with Crippen LogP contribution in [0.2, 0.25) is 0 Å². The molecule has 56 valence electrons. The Morgan fingerprint density at radius 3 is 3.09 bits per heavy atom. The topological polar surface area (TPSA) is 55.1 Å². The second-order valence-electron chi connectivity index (χ2n) is 1.80. The highest BCUT2D eigenvalue weighted by Gasteiger charge is 2.08. The third kappa shape index (κ3) is 1.38. The number of aromatic nitrogens is 1. The lowest BCUT2D eigenvalue weighted by atomic mass is 10.3. The molecule has 0 spiro atoms. The number of hydrogen-bond acceptors (Lipinski definition) is 3. The highest BCUT2D eigenvalue weighted by molar-refractivity contribution is 5.92. The van der Waals surface area contributed by atoms with E-state index in [9.17, 15) is 4.79 Å². The molecule has 0 bridgehead atoms. The van der Waals surface area contributed by atoms with E-state index in [2.05, 4.69) is 20.9 Å². The Bertz CT molecular complexity index is 308. The maximum absolute atomic E-state index is 10.8. The lowest BCUT2D eigenvalue weighted by Crippen LogP contribution is -2.17. The van der Waals surface area contributed by atoms with Crippen molar-refractivity contribution >= 4 is 5.91 Å². The Balaban J connectivity index is 2.91. The van der Waals surface area contributed by atoms with Crippen LogP contribution in [0.3, 0.4) is 0 Å². The first-order chi connectivity index (χ1) is 5.27. The van der Waals surface area contributed by atoms with Gasteiger partial charge in [-0.3, -0.25) is 4.79 Å². The van der Waals surface area contributed by atoms with E-state index >= 15 is 0 Å². The minimum absolute atomic E-state index is 0.195. The van der Waals surface area contributed by atoms with Crippen molar-refractivity contribution in [1.29, 1.82) is 0 Å². The van der Waals surface area contributed by atoms with Gasteiger partial charge >= 0.3 is 0 Å². The van der Waals surface area contributed by atoms with Gasteiger partial charge in [-0.2, -0.15) is 0 Å². The summed E-state index contributed by atoms with van der Waals surface area (Å²) in [5, 5.41) is 5.82. The van der Waals surface area contributed by atoms with E-state index in [4.69, 9.17) is 6.42 Å². The molecule has 0 aromatic carbocycles. The van der Waals surface area contributed by atoms with Crippen LogP contribution in [0.15, 0.2) is 10.6 Å². The standard InChI is InChI=1S/C7H6N2O2/c1-3-5-4-6(9-11-5)7(10)8-2/h1,4H,2H3,(H,8,10). The Labute approximate surface area is 63.6 Å². The van der Waals surface area contributed by atoms with Crippen LogP contribution < -0.4 is 5.32 Å². The van der Waals surface area contributed by atoms with Gasteiger partial charge in [0.2, 0.25) is 5.76 Å². The smallest absolute Gasteiger partial charge is 0.273 e. The molecule has 0 atom stereocenters. The number of carbonyl (C=O) groups excluding carboxylic acids is 1. The number of nitrogens with one attached hydrogen (secondary N) is 1. The van der Waals surface area contributed by atoms with Crippen molar-refractivity contribution in [2.75, 3.05) is 7.05 Å². The fourth-order valence-electron chi connectivity index (χ4n) is 0.578. The number of rotatable bonds is 1. The molecule has 0 unspecified atom stereocenters. The SMILES string of the molecule is C#Cc1cc(C(=O)NC)no1. The van der Waals surface area contributed by atoms with E-state index in [1.165, 1.54) is 13.1 Å². The number of hydrogen-bond donors (Lipinski definition) is 1. The first-order valence-electron chi connectivity index (χ1n) is 2.93. The van der Waals surface area contributed by atoms with E-state index in [-0.39, 0.29) is 17.4 Å². The monoisotopic (exact) mass is 150 g/mol. The molecule has 1 amide bonds. The lowest BCUT2D eigenvalue weighted by molar-refractivity contribution is 0.0954. The molecule has 0 saturated carbocycles. The van der Waals surface area contributed by atoms with Crippen LogP contribution in [0.1, 0.15) is 16.2 Å². The molecule has 4 heteroatoms. The van der Waals surface area contributed by atoms with Crippen molar-refractivity contribution < 1.29 is 9.32 Å². The average molecular weight is 150 g/mol. The van der Waals surface area contributed by atoms with Gasteiger partial charge in [0.1, 0.15) is 0 Å². The minimum Gasteiger partial charge on any atom is -0.354 e. The maximum Gasteiger partial charge on any atom is 0.273 e. The summed E-state index contributed by atoms with van der Waals surface area (Å²) in [5.74, 6) is 2.16. The van der Waals surface area contributed by atoms with Crippen molar-refractivity contribution in [2.24, 2.45) is 0 Å². The number of carbonyl (C=O) groups is 1. The van der Waals surface area contributed by atoms with Crippen molar-refractivity contribution in [3.05, 3.63) is 17.5 Å². The zero-order valence-electron chi connectivity index (χ0n) is 5.92. The van der Waals surface area contributed by atoms with Crippen LogP contribution in [0.25, 0.3) is 0 Å². The zero-order valence-corrected chi connectivity index (χ0v) is 5.92. The third-order valence-corrected chi connectivity index (χ3v) is 1.11. The van der Waals surface area contributed by atoms with Gasteiger partial charge in [0.05, 0.1) is 0 Å². The fraction of sp³-hybridized carbons (Fsp3) is 0.143. The largest absolute Gasteiger partial charge is 0.354 e. The van der Waals surface area contributed by atoms with Crippen LogP contribution in [0, 0.1) is 12.3 Å². The minimum atomic E-state index is -0.310. The van der Waals surface area contributed by atoms with Gasteiger partial charge < -0.3 is 9.84 Å². The van der Waals surface area contributed by atoms with Crippen molar-refractivity contribution in [1.82, 2.24) is 10.5 Å². The van der Waals surface area contributed by atoms with E-state index in [1.807, 2.05) is 0 Å². The molecule has 0 radical (unpaired) electrons. The van der Waals surface area contributed by atoms with Crippen molar-refractivity contribution in [3.63, 3.8) is 0 Å². The zero-order chi connectivity index (χ0) is 8.27. The van der Waals surface area contributed by atoms with Gasteiger partial charge in [-0.25, -0.2) is 0 Å². The molecule has 1 aromatic rings. The summed E-state index contributed by atoms with van der Waals surface area (Å²) in [6, 6.07) is 1.40. The third-order valence-electron chi connectivity index (χ3n) is 1.11. The Morgan fingerprint density at radius 1 is 1.91 bits per heavy atom. The highest BCUT2D eigenvalue weighted by atomic mass is 16.5. The molecule has 1 N–H and O–H groups in total. The molecule has 0 saturated heterocycles. The summed E-state index contributed by atoms with van der Waals surface area (Å²) in [6.07, 6.45) is 4.99. The Hall–Kier alpha value is -1.76. The molecular weight excluding hydrogens is 144 g/mol. The quantitative estimate of drug-likeness (QED) is 0.574. The van der Waals surface area contributed by atoms with E-state index < -0.39 is 0 Å². The second kappa shape index (κ2) is 2.88. The first kappa shape index (κ1) is 7.35. The molecule has 0 aliphatic carbocycles. The van der Waals surface area contributed by atoms with Gasteiger partial charge in [-0.1, -0.05) is 5.16 Å². The predicted octanol–water partition coefficient (Wildman–Crippen LogP) is 0.0155. The molecule has 0 aliphatic heterocycles. The summed E-state index contributed by atoms with van der Waals surface area (Å²) in [5.41, 5.74) is 0.195. The number of terminal acetylenes is 1. The Morgan fingerprint density at radius 2 is 2.64 bits per heavy atom.